The number of hydrogen-bond acceptors (Lipinski definition) is 4. The average Bonchev–Trinajstić information content (AvgIpc) is 2.59. The zero-order valence-electron chi connectivity index (χ0n) is 16.1. The Labute approximate surface area is 162 Å². The largest absolute Gasteiger partial charge is 0.493 e. The van der Waals surface area contributed by atoms with E-state index in [9.17, 15) is 9.59 Å². The number of carbonyl (C=O) groups is 2. The molecule has 1 unspecified atom stereocenters. The van der Waals surface area contributed by atoms with Crippen LogP contribution in [0.25, 0.3) is 0 Å². The Morgan fingerprint density at radius 2 is 1.92 bits per heavy atom. The predicted molar refractivity (Wildman–Crippen MR) is 107 cm³/mol. The van der Waals surface area contributed by atoms with Gasteiger partial charge in [0, 0.05) is 19.5 Å². The monoisotopic (exact) mass is 385 g/mol. The number of rotatable bonds is 10. The molecule has 0 aliphatic carbocycles. The first-order valence-corrected chi connectivity index (χ1v) is 8.85. The zero-order valence-corrected chi connectivity index (χ0v) is 16.9. The van der Waals surface area contributed by atoms with Gasteiger partial charge >= 0.3 is 0 Å². The van der Waals surface area contributed by atoms with Gasteiger partial charge in [0.05, 0.1) is 17.7 Å². The summed E-state index contributed by atoms with van der Waals surface area (Å²) >= 11 is 0. The average molecular weight is 386 g/mol. The first-order valence-electron chi connectivity index (χ1n) is 8.85. The molecule has 0 fully saturated rings. The highest BCUT2D eigenvalue weighted by Gasteiger charge is 2.28. The number of ether oxygens (including phenoxy) is 1. The van der Waals surface area contributed by atoms with Gasteiger partial charge in [-0.1, -0.05) is 26.0 Å². The van der Waals surface area contributed by atoms with Gasteiger partial charge in [0.2, 0.25) is 5.91 Å². The highest BCUT2D eigenvalue weighted by molar-refractivity contribution is 5.96. The van der Waals surface area contributed by atoms with Crippen LogP contribution in [0.15, 0.2) is 24.3 Å². The van der Waals surface area contributed by atoms with E-state index in [2.05, 4.69) is 10.6 Å². The summed E-state index contributed by atoms with van der Waals surface area (Å²) < 4.78 is 5.46. The molecule has 1 atom stereocenters. The van der Waals surface area contributed by atoms with Gasteiger partial charge in [-0.2, -0.15) is 0 Å². The van der Waals surface area contributed by atoms with E-state index in [0.717, 1.165) is 0 Å². The second-order valence-electron chi connectivity index (χ2n) is 6.61. The van der Waals surface area contributed by atoms with Crippen LogP contribution in [-0.2, 0) is 4.79 Å². The Kier molecular flexibility index (Phi) is 10.9. The third-order valence-corrected chi connectivity index (χ3v) is 4.42. The highest BCUT2D eigenvalue weighted by atomic mass is 35.5. The SMILES string of the molecule is CCOc1ccccc1C(=O)NCCCC(=O)NC(C)(CN)C(C)C.Cl. The lowest BCUT2D eigenvalue weighted by Crippen LogP contribution is -2.55. The third-order valence-electron chi connectivity index (χ3n) is 4.42. The lowest BCUT2D eigenvalue weighted by atomic mass is 9.88. The molecule has 0 saturated carbocycles. The molecule has 2 amide bonds. The summed E-state index contributed by atoms with van der Waals surface area (Å²) in [7, 11) is 0. The standard InChI is InChI=1S/C19H31N3O3.ClH/c1-5-25-16-10-7-6-9-15(16)18(24)21-12-8-11-17(23)22-19(4,13-20)14(2)3;/h6-7,9-10,14H,5,8,11-13,20H2,1-4H3,(H,21,24)(H,22,23);1H. The number of nitrogens with two attached hydrogens (primary N) is 1. The number of halogens is 1. The second-order valence-corrected chi connectivity index (χ2v) is 6.61. The summed E-state index contributed by atoms with van der Waals surface area (Å²) in [6, 6.07) is 7.12. The molecule has 0 heterocycles. The van der Waals surface area contributed by atoms with Crippen molar-refractivity contribution in [3.63, 3.8) is 0 Å². The number of para-hydroxylation sites is 1. The molecule has 0 spiro atoms. The third kappa shape index (κ3) is 7.22. The molecule has 148 valence electrons. The molecular formula is C19H32ClN3O3. The quantitative estimate of drug-likeness (QED) is 0.539. The van der Waals surface area contributed by atoms with Gasteiger partial charge in [-0.25, -0.2) is 0 Å². The van der Waals surface area contributed by atoms with Crippen LogP contribution in [0.2, 0.25) is 0 Å². The Morgan fingerprint density at radius 3 is 2.50 bits per heavy atom. The molecule has 0 radical (unpaired) electrons. The van der Waals surface area contributed by atoms with E-state index in [0.29, 0.717) is 43.9 Å². The van der Waals surface area contributed by atoms with E-state index in [1.165, 1.54) is 0 Å². The Bertz CT molecular complexity index is 581. The molecule has 1 aromatic rings. The van der Waals surface area contributed by atoms with E-state index >= 15 is 0 Å². The minimum absolute atomic E-state index is 0. The number of nitrogens with one attached hydrogen (secondary N) is 2. The van der Waals surface area contributed by atoms with Crippen molar-refractivity contribution in [2.45, 2.75) is 46.1 Å². The van der Waals surface area contributed by atoms with Crippen LogP contribution < -0.4 is 21.1 Å². The zero-order chi connectivity index (χ0) is 18.9. The molecule has 1 aromatic carbocycles. The van der Waals surface area contributed by atoms with Crippen LogP contribution in [0.5, 0.6) is 5.75 Å². The van der Waals surface area contributed by atoms with E-state index < -0.39 is 5.54 Å². The maximum absolute atomic E-state index is 12.2. The van der Waals surface area contributed by atoms with Crippen LogP contribution in [0.1, 0.15) is 50.9 Å². The van der Waals surface area contributed by atoms with E-state index in [1.54, 1.807) is 18.2 Å². The molecule has 7 heteroatoms. The highest BCUT2D eigenvalue weighted by Crippen LogP contribution is 2.18. The van der Waals surface area contributed by atoms with E-state index in [4.69, 9.17) is 10.5 Å². The maximum Gasteiger partial charge on any atom is 0.255 e. The summed E-state index contributed by atoms with van der Waals surface area (Å²) in [6.45, 7) is 9.20. The first kappa shape index (κ1) is 24.2. The van der Waals surface area contributed by atoms with Crippen molar-refractivity contribution in [2.75, 3.05) is 19.7 Å². The second kappa shape index (κ2) is 11.8. The van der Waals surface area contributed by atoms with Gasteiger partial charge in [0.1, 0.15) is 5.75 Å². The lowest BCUT2D eigenvalue weighted by molar-refractivity contribution is -0.123. The van der Waals surface area contributed by atoms with Gasteiger partial charge in [-0.3, -0.25) is 9.59 Å². The van der Waals surface area contributed by atoms with Crippen molar-refractivity contribution >= 4 is 24.2 Å². The maximum atomic E-state index is 12.2. The molecule has 4 N–H and O–H groups in total. The van der Waals surface area contributed by atoms with Gasteiger partial charge in [-0.05, 0) is 38.3 Å². The molecule has 0 bridgehead atoms. The minimum Gasteiger partial charge on any atom is -0.493 e. The normalized spacial score (nSPS) is 12.7. The van der Waals surface area contributed by atoms with Crippen LogP contribution in [-0.4, -0.2) is 37.0 Å². The van der Waals surface area contributed by atoms with Crippen molar-refractivity contribution in [2.24, 2.45) is 11.7 Å². The van der Waals surface area contributed by atoms with Crippen molar-refractivity contribution < 1.29 is 14.3 Å². The Hall–Kier alpha value is -1.79. The van der Waals surface area contributed by atoms with Gasteiger partial charge in [0.25, 0.3) is 5.91 Å². The summed E-state index contributed by atoms with van der Waals surface area (Å²) in [6.07, 6.45) is 0.906. The van der Waals surface area contributed by atoms with Crippen LogP contribution in [0.3, 0.4) is 0 Å². The molecule has 1 rings (SSSR count). The Morgan fingerprint density at radius 1 is 1.27 bits per heavy atom. The molecule has 0 aliphatic heterocycles. The fourth-order valence-corrected chi connectivity index (χ4v) is 2.29. The molecular weight excluding hydrogens is 354 g/mol. The Balaban J connectivity index is 0.00000625. The summed E-state index contributed by atoms with van der Waals surface area (Å²) in [4.78, 5) is 24.3. The molecule has 0 saturated heterocycles. The topological polar surface area (TPSA) is 93.4 Å². The molecule has 26 heavy (non-hydrogen) atoms. The smallest absolute Gasteiger partial charge is 0.255 e. The van der Waals surface area contributed by atoms with Crippen LogP contribution >= 0.6 is 12.4 Å². The van der Waals surface area contributed by atoms with E-state index in [1.807, 2.05) is 33.8 Å². The number of carbonyl (C=O) groups excluding carboxylic acids is 2. The summed E-state index contributed by atoms with van der Waals surface area (Å²) in [5.41, 5.74) is 5.87. The van der Waals surface area contributed by atoms with Crippen LogP contribution in [0, 0.1) is 5.92 Å². The summed E-state index contributed by atoms with van der Waals surface area (Å²) in [5.74, 6) is 0.566. The van der Waals surface area contributed by atoms with Crippen molar-refractivity contribution in [1.82, 2.24) is 10.6 Å². The van der Waals surface area contributed by atoms with Gasteiger partial charge in [-0.15, -0.1) is 12.4 Å². The fourth-order valence-electron chi connectivity index (χ4n) is 2.29. The first-order chi connectivity index (χ1) is 11.8. The van der Waals surface area contributed by atoms with E-state index in [-0.39, 0.29) is 30.1 Å². The van der Waals surface area contributed by atoms with Gasteiger partial charge < -0.3 is 21.1 Å². The summed E-state index contributed by atoms with van der Waals surface area (Å²) in [5, 5.41) is 5.82. The predicted octanol–water partition coefficient (Wildman–Crippen LogP) is 2.51. The fraction of sp³-hybridized carbons (Fsp3) is 0.579. The minimum atomic E-state index is -0.406. The number of benzene rings is 1. The number of hydrogen-bond donors (Lipinski definition) is 3. The lowest BCUT2D eigenvalue weighted by Gasteiger charge is -2.33. The van der Waals surface area contributed by atoms with Crippen LogP contribution in [0.4, 0.5) is 0 Å². The van der Waals surface area contributed by atoms with Crippen molar-refractivity contribution in [1.29, 1.82) is 0 Å². The molecule has 0 aromatic heterocycles. The van der Waals surface area contributed by atoms with Gasteiger partial charge in [0.15, 0.2) is 0 Å². The molecule has 0 aliphatic rings. The molecule has 6 nitrogen and oxygen atoms in total. The number of amides is 2. The van der Waals surface area contributed by atoms with Crippen molar-refractivity contribution in [3.8, 4) is 5.75 Å². The van der Waals surface area contributed by atoms with Crippen molar-refractivity contribution in [3.05, 3.63) is 29.8 Å².